The molecule has 1 aliphatic heterocycles. The van der Waals surface area contributed by atoms with E-state index in [2.05, 4.69) is 69.5 Å². The standard InChI is InChI=1S/C18H17N3/c1-2-6-14(7-3-1)15-8-4-5-9-17(15)21-13-20-16-12-19-11-10-18(16)21/h1-9,13,19H,10-12H2. The van der Waals surface area contributed by atoms with Gasteiger partial charge in [0.2, 0.25) is 0 Å². The number of nitrogens with one attached hydrogen (secondary N) is 1. The van der Waals surface area contributed by atoms with Gasteiger partial charge in [-0.15, -0.1) is 0 Å². The van der Waals surface area contributed by atoms with Gasteiger partial charge < -0.3 is 9.88 Å². The van der Waals surface area contributed by atoms with E-state index < -0.39 is 0 Å². The number of hydrogen-bond acceptors (Lipinski definition) is 2. The van der Waals surface area contributed by atoms with Gasteiger partial charge in [-0.1, -0.05) is 48.5 Å². The van der Waals surface area contributed by atoms with E-state index in [9.17, 15) is 0 Å². The van der Waals surface area contributed by atoms with Crippen LogP contribution in [0.4, 0.5) is 0 Å². The maximum Gasteiger partial charge on any atom is 0.0998 e. The Morgan fingerprint density at radius 2 is 1.76 bits per heavy atom. The number of hydrogen-bond donors (Lipinski definition) is 1. The van der Waals surface area contributed by atoms with E-state index in [-0.39, 0.29) is 0 Å². The lowest BCUT2D eigenvalue weighted by molar-refractivity contribution is 0.620. The normalized spacial score (nSPS) is 13.9. The van der Waals surface area contributed by atoms with Gasteiger partial charge in [0.15, 0.2) is 0 Å². The smallest absolute Gasteiger partial charge is 0.0998 e. The zero-order valence-corrected chi connectivity index (χ0v) is 11.8. The van der Waals surface area contributed by atoms with Crippen LogP contribution in [0.1, 0.15) is 11.4 Å². The predicted molar refractivity (Wildman–Crippen MR) is 84.4 cm³/mol. The minimum Gasteiger partial charge on any atom is -0.311 e. The zero-order valence-electron chi connectivity index (χ0n) is 11.8. The molecule has 0 spiro atoms. The average molecular weight is 275 g/mol. The van der Waals surface area contributed by atoms with Crippen molar-refractivity contribution in [1.29, 1.82) is 0 Å². The fourth-order valence-corrected chi connectivity index (χ4v) is 2.99. The van der Waals surface area contributed by atoms with Gasteiger partial charge in [0.05, 0.1) is 17.7 Å². The van der Waals surface area contributed by atoms with Gasteiger partial charge in [0.1, 0.15) is 0 Å². The van der Waals surface area contributed by atoms with E-state index in [1.54, 1.807) is 0 Å². The van der Waals surface area contributed by atoms with Crippen LogP contribution >= 0.6 is 0 Å². The van der Waals surface area contributed by atoms with Crippen molar-refractivity contribution in [3.8, 4) is 16.8 Å². The van der Waals surface area contributed by atoms with Gasteiger partial charge in [-0.2, -0.15) is 0 Å². The Morgan fingerprint density at radius 3 is 2.67 bits per heavy atom. The second-order valence-electron chi connectivity index (χ2n) is 5.32. The van der Waals surface area contributed by atoms with Crippen LogP contribution in [0.2, 0.25) is 0 Å². The quantitative estimate of drug-likeness (QED) is 0.778. The summed E-state index contributed by atoms with van der Waals surface area (Å²) in [7, 11) is 0. The molecular formula is C18H17N3. The van der Waals surface area contributed by atoms with E-state index in [0.717, 1.165) is 19.5 Å². The molecule has 1 aromatic heterocycles. The molecule has 0 unspecified atom stereocenters. The molecular weight excluding hydrogens is 258 g/mol. The average Bonchev–Trinajstić information content (AvgIpc) is 3.00. The molecule has 3 nitrogen and oxygen atoms in total. The second-order valence-corrected chi connectivity index (χ2v) is 5.32. The molecule has 0 radical (unpaired) electrons. The molecule has 2 heterocycles. The lowest BCUT2D eigenvalue weighted by Gasteiger charge is -2.17. The molecule has 0 amide bonds. The summed E-state index contributed by atoms with van der Waals surface area (Å²) >= 11 is 0. The fraction of sp³-hybridized carbons (Fsp3) is 0.167. The molecule has 0 saturated heterocycles. The molecule has 2 aromatic carbocycles. The van der Waals surface area contributed by atoms with E-state index >= 15 is 0 Å². The van der Waals surface area contributed by atoms with Gasteiger partial charge in [0, 0.05) is 30.8 Å². The molecule has 0 bridgehead atoms. The molecule has 0 atom stereocenters. The first-order valence-corrected chi connectivity index (χ1v) is 7.34. The Labute approximate surface area is 124 Å². The third-order valence-electron chi connectivity index (χ3n) is 4.03. The van der Waals surface area contributed by atoms with Crippen LogP contribution in [0.15, 0.2) is 60.9 Å². The summed E-state index contributed by atoms with van der Waals surface area (Å²) in [5, 5.41) is 3.38. The summed E-state index contributed by atoms with van der Waals surface area (Å²) in [6.45, 7) is 1.89. The number of nitrogens with zero attached hydrogens (tertiary/aromatic N) is 2. The predicted octanol–water partition coefficient (Wildman–Crippen LogP) is 3.19. The molecule has 1 N–H and O–H groups in total. The highest BCUT2D eigenvalue weighted by molar-refractivity contribution is 5.73. The van der Waals surface area contributed by atoms with Crippen LogP contribution in [-0.2, 0) is 13.0 Å². The zero-order chi connectivity index (χ0) is 14.1. The van der Waals surface area contributed by atoms with Crippen molar-refractivity contribution in [2.45, 2.75) is 13.0 Å². The highest BCUT2D eigenvalue weighted by Gasteiger charge is 2.17. The largest absolute Gasteiger partial charge is 0.311 e. The van der Waals surface area contributed by atoms with Crippen LogP contribution in [0.5, 0.6) is 0 Å². The van der Waals surface area contributed by atoms with Crippen LogP contribution in [0, 0.1) is 0 Å². The van der Waals surface area contributed by atoms with E-state index in [0.29, 0.717) is 0 Å². The van der Waals surface area contributed by atoms with Gasteiger partial charge in [-0.05, 0) is 11.6 Å². The minimum atomic E-state index is 0.871. The Kier molecular flexibility index (Phi) is 3.05. The lowest BCUT2D eigenvalue weighted by atomic mass is 10.0. The van der Waals surface area contributed by atoms with Crippen molar-refractivity contribution < 1.29 is 0 Å². The SMILES string of the molecule is c1ccc(-c2ccccc2-n2cnc3c2CCNC3)cc1. The Morgan fingerprint density at radius 1 is 0.952 bits per heavy atom. The number of rotatable bonds is 2. The Hall–Kier alpha value is -2.39. The maximum absolute atomic E-state index is 4.57. The molecule has 0 saturated carbocycles. The summed E-state index contributed by atoms with van der Waals surface area (Å²) in [5.74, 6) is 0. The molecule has 104 valence electrons. The van der Waals surface area contributed by atoms with Crippen molar-refractivity contribution in [3.05, 3.63) is 72.3 Å². The molecule has 0 aliphatic carbocycles. The second kappa shape index (κ2) is 5.19. The summed E-state index contributed by atoms with van der Waals surface area (Å²) in [4.78, 5) is 4.57. The van der Waals surface area contributed by atoms with Gasteiger partial charge in [0.25, 0.3) is 0 Å². The van der Waals surface area contributed by atoms with Crippen molar-refractivity contribution >= 4 is 0 Å². The number of benzene rings is 2. The third-order valence-corrected chi connectivity index (χ3v) is 4.03. The van der Waals surface area contributed by atoms with Crippen molar-refractivity contribution in [3.63, 3.8) is 0 Å². The van der Waals surface area contributed by atoms with Crippen LogP contribution < -0.4 is 5.32 Å². The molecule has 0 fully saturated rings. The topological polar surface area (TPSA) is 29.9 Å². The van der Waals surface area contributed by atoms with Crippen LogP contribution in [0.25, 0.3) is 16.8 Å². The summed E-state index contributed by atoms with van der Waals surface area (Å²) < 4.78 is 2.25. The van der Waals surface area contributed by atoms with Gasteiger partial charge in [-0.25, -0.2) is 4.98 Å². The van der Waals surface area contributed by atoms with Gasteiger partial charge >= 0.3 is 0 Å². The van der Waals surface area contributed by atoms with E-state index in [1.807, 2.05) is 6.33 Å². The van der Waals surface area contributed by atoms with E-state index in [4.69, 9.17) is 0 Å². The highest BCUT2D eigenvalue weighted by Crippen LogP contribution is 2.28. The molecule has 3 aromatic rings. The monoisotopic (exact) mass is 275 g/mol. The lowest BCUT2D eigenvalue weighted by Crippen LogP contribution is -2.24. The Bertz CT molecular complexity index is 759. The first-order chi connectivity index (χ1) is 10.4. The Balaban J connectivity index is 1.88. The molecule has 3 heteroatoms. The van der Waals surface area contributed by atoms with Crippen LogP contribution in [-0.4, -0.2) is 16.1 Å². The summed E-state index contributed by atoms with van der Waals surface area (Å²) in [6, 6.07) is 19.1. The fourth-order valence-electron chi connectivity index (χ4n) is 2.99. The number of imidazole rings is 1. The molecule has 21 heavy (non-hydrogen) atoms. The summed E-state index contributed by atoms with van der Waals surface area (Å²) in [6.07, 6.45) is 2.98. The number of fused-ring (bicyclic) bond motifs is 1. The van der Waals surface area contributed by atoms with Gasteiger partial charge in [-0.3, -0.25) is 0 Å². The summed E-state index contributed by atoms with van der Waals surface area (Å²) in [5.41, 5.74) is 6.20. The minimum absolute atomic E-state index is 0.871. The molecule has 1 aliphatic rings. The van der Waals surface area contributed by atoms with Crippen molar-refractivity contribution in [1.82, 2.24) is 14.9 Å². The first-order valence-electron chi connectivity index (χ1n) is 7.34. The van der Waals surface area contributed by atoms with Crippen molar-refractivity contribution in [2.75, 3.05) is 6.54 Å². The molecule has 4 rings (SSSR count). The number of aromatic nitrogens is 2. The third kappa shape index (κ3) is 2.16. The van der Waals surface area contributed by atoms with Crippen LogP contribution in [0.3, 0.4) is 0 Å². The van der Waals surface area contributed by atoms with Crippen molar-refractivity contribution in [2.24, 2.45) is 0 Å². The number of para-hydroxylation sites is 1. The maximum atomic E-state index is 4.57. The van der Waals surface area contributed by atoms with E-state index in [1.165, 1.54) is 28.2 Å². The first kappa shape index (κ1) is 12.4. The highest BCUT2D eigenvalue weighted by atomic mass is 15.1.